The van der Waals surface area contributed by atoms with Crippen LogP contribution < -0.4 is 0 Å². The van der Waals surface area contributed by atoms with Crippen LogP contribution in [-0.2, 0) is 16.1 Å². The fourth-order valence-electron chi connectivity index (χ4n) is 3.09. The summed E-state index contributed by atoms with van der Waals surface area (Å²) in [7, 11) is 0. The molecule has 5 heteroatoms. The molecule has 3 rings (SSSR count). The Morgan fingerprint density at radius 3 is 3.00 bits per heavy atom. The molecular formula is C18H22N2O3. The number of likely N-dealkylation sites (tertiary alicyclic amines) is 1. The van der Waals surface area contributed by atoms with Crippen molar-refractivity contribution in [1.29, 1.82) is 0 Å². The van der Waals surface area contributed by atoms with Crippen molar-refractivity contribution in [3.8, 4) is 11.3 Å². The van der Waals surface area contributed by atoms with Crippen LogP contribution in [0.15, 0.2) is 41.1 Å². The maximum atomic E-state index is 12.0. The Kier molecular flexibility index (Phi) is 5.08. The second kappa shape index (κ2) is 7.42. The summed E-state index contributed by atoms with van der Waals surface area (Å²) in [5, 5.41) is 3.95. The third-order valence-electron chi connectivity index (χ3n) is 4.20. The van der Waals surface area contributed by atoms with Gasteiger partial charge in [0, 0.05) is 24.2 Å². The van der Waals surface area contributed by atoms with Crippen LogP contribution in [0, 0.1) is 5.92 Å². The maximum absolute atomic E-state index is 12.0. The zero-order chi connectivity index (χ0) is 16.1. The number of nitrogens with zero attached hydrogens (tertiary/aromatic N) is 2. The molecule has 0 radical (unpaired) electrons. The molecule has 1 aliphatic heterocycles. The van der Waals surface area contributed by atoms with Gasteiger partial charge in [-0.2, -0.15) is 0 Å². The lowest BCUT2D eigenvalue weighted by Gasteiger charge is -2.31. The molecule has 0 aliphatic carbocycles. The van der Waals surface area contributed by atoms with Crippen molar-refractivity contribution < 1.29 is 14.1 Å². The van der Waals surface area contributed by atoms with E-state index in [9.17, 15) is 4.79 Å². The van der Waals surface area contributed by atoms with E-state index in [1.54, 1.807) is 6.20 Å². The molecule has 1 fully saturated rings. The fourth-order valence-corrected chi connectivity index (χ4v) is 3.09. The van der Waals surface area contributed by atoms with E-state index in [1.807, 2.05) is 37.3 Å². The van der Waals surface area contributed by atoms with Crippen LogP contribution in [0.2, 0.25) is 0 Å². The summed E-state index contributed by atoms with van der Waals surface area (Å²) in [6.45, 7) is 4.75. The Hall–Kier alpha value is -2.14. The van der Waals surface area contributed by atoms with E-state index >= 15 is 0 Å². The minimum absolute atomic E-state index is 0.0243. The zero-order valence-electron chi connectivity index (χ0n) is 13.4. The minimum atomic E-state index is -0.0780. The van der Waals surface area contributed by atoms with Crippen molar-refractivity contribution >= 4 is 5.97 Å². The van der Waals surface area contributed by atoms with Gasteiger partial charge in [-0.3, -0.25) is 9.69 Å². The molecule has 0 spiro atoms. The SMILES string of the molecule is CCOC(=O)C1CCCN(Cc2cnoc2-c2ccccc2)C1. The third kappa shape index (κ3) is 3.79. The first-order chi connectivity index (χ1) is 11.3. The van der Waals surface area contributed by atoms with E-state index in [4.69, 9.17) is 9.26 Å². The lowest BCUT2D eigenvalue weighted by atomic mass is 9.97. The summed E-state index contributed by atoms with van der Waals surface area (Å²) in [6.07, 6.45) is 3.69. The molecule has 1 unspecified atom stereocenters. The highest BCUT2D eigenvalue weighted by atomic mass is 16.5. The molecule has 23 heavy (non-hydrogen) atoms. The van der Waals surface area contributed by atoms with E-state index in [0.29, 0.717) is 6.61 Å². The predicted molar refractivity (Wildman–Crippen MR) is 86.6 cm³/mol. The van der Waals surface area contributed by atoms with Crippen molar-refractivity contribution in [3.05, 3.63) is 42.1 Å². The summed E-state index contributed by atoms with van der Waals surface area (Å²) < 4.78 is 10.6. The molecule has 0 bridgehead atoms. The highest BCUT2D eigenvalue weighted by Crippen LogP contribution is 2.26. The Morgan fingerprint density at radius 2 is 2.22 bits per heavy atom. The van der Waals surface area contributed by atoms with Crippen molar-refractivity contribution in [3.63, 3.8) is 0 Å². The van der Waals surface area contributed by atoms with E-state index in [0.717, 1.165) is 49.4 Å². The average molecular weight is 314 g/mol. The summed E-state index contributed by atoms with van der Waals surface area (Å²) in [4.78, 5) is 14.2. The molecule has 122 valence electrons. The maximum Gasteiger partial charge on any atom is 0.310 e. The van der Waals surface area contributed by atoms with Crippen LogP contribution >= 0.6 is 0 Å². The Bertz CT molecular complexity index is 639. The van der Waals surface area contributed by atoms with Gasteiger partial charge in [-0.25, -0.2) is 0 Å². The molecule has 1 aromatic heterocycles. The van der Waals surface area contributed by atoms with Crippen LogP contribution in [0.1, 0.15) is 25.3 Å². The Balaban J connectivity index is 1.68. The number of carbonyl (C=O) groups is 1. The second-order valence-electron chi connectivity index (χ2n) is 5.87. The molecule has 1 aliphatic rings. The van der Waals surface area contributed by atoms with Gasteiger partial charge in [-0.15, -0.1) is 0 Å². The molecular weight excluding hydrogens is 292 g/mol. The number of aromatic nitrogens is 1. The number of rotatable bonds is 5. The summed E-state index contributed by atoms with van der Waals surface area (Å²) in [5.74, 6) is 0.707. The second-order valence-corrected chi connectivity index (χ2v) is 5.87. The van der Waals surface area contributed by atoms with Gasteiger partial charge in [0.1, 0.15) is 0 Å². The number of hydrogen-bond acceptors (Lipinski definition) is 5. The van der Waals surface area contributed by atoms with Crippen LogP contribution in [-0.4, -0.2) is 35.7 Å². The highest BCUT2D eigenvalue weighted by Gasteiger charge is 2.27. The van der Waals surface area contributed by atoms with Gasteiger partial charge in [-0.05, 0) is 26.3 Å². The molecule has 0 amide bonds. The van der Waals surface area contributed by atoms with Crippen LogP contribution in [0.5, 0.6) is 0 Å². The first kappa shape index (κ1) is 15.7. The quantitative estimate of drug-likeness (QED) is 0.794. The topological polar surface area (TPSA) is 55.6 Å². The van der Waals surface area contributed by atoms with E-state index in [-0.39, 0.29) is 11.9 Å². The average Bonchev–Trinajstić information content (AvgIpc) is 3.04. The van der Waals surface area contributed by atoms with Gasteiger partial charge < -0.3 is 9.26 Å². The summed E-state index contributed by atoms with van der Waals surface area (Å²) in [6, 6.07) is 9.98. The van der Waals surface area contributed by atoms with Gasteiger partial charge in [0.2, 0.25) is 0 Å². The number of ether oxygens (including phenoxy) is 1. The molecule has 0 N–H and O–H groups in total. The molecule has 5 nitrogen and oxygen atoms in total. The number of benzene rings is 1. The largest absolute Gasteiger partial charge is 0.466 e. The standard InChI is InChI=1S/C18H22N2O3/c1-2-22-18(21)15-9-6-10-20(12-15)13-16-11-19-23-17(16)14-7-4-3-5-8-14/h3-5,7-8,11,15H,2,6,9-10,12-13H2,1H3. The first-order valence-electron chi connectivity index (χ1n) is 8.16. The number of esters is 1. The van der Waals surface area contributed by atoms with Gasteiger partial charge >= 0.3 is 5.97 Å². The van der Waals surface area contributed by atoms with Crippen molar-refractivity contribution in [1.82, 2.24) is 10.1 Å². The zero-order valence-corrected chi connectivity index (χ0v) is 13.4. The number of piperidine rings is 1. The molecule has 1 atom stereocenters. The third-order valence-corrected chi connectivity index (χ3v) is 4.20. The lowest BCUT2D eigenvalue weighted by Crippen LogP contribution is -2.38. The first-order valence-corrected chi connectivity index (χ1v) is 8.16. The summed E-state index contributed by atoms with van der Waals surface area (Å²) in [5.41, 5.74) is 2.08. The highest BCUT2D eigenvalue weighted by molar-refractivity contribution is 5.72. The molecule has 1 aromatic carbocycles. The normalized spacial score (nSPS) is 18.7. The van der Waals surface area contributed by atoms with Gasteiger partial charge in [0.05, 0.1) is 18.7 Å². The van der Waals surface area contributed by atoms with Gasteiger partial charge in [-0.1, -0.05) is 35.5 Å². The predicted octanol–water partition coefficient (Wildman–Crippen LogP) is 3.12. The monoisotopic (exact) mass is 314 g/mol. The van der Waals surface area contributed by atoms with E-state index < -0.39 is 0 Å². The van der Waals surface area contributed by atoms with Crippen molar-refractivity contribution in [2.45, 2.75) is 26.3 Å². The Labute approximate surface area is 136 Å². The number of hydrogen-bond donors (Lipinski definition) is 0. The van der Waals surface area contributed by atoms with Crippen LogP contribution in [0.4, 0.5) is 0 Å². The number of carbonyl (C=O) groups excluding carboxylic acids is 1. The van der Waals surface area contributed by atoms with Crippen molar-refractivity contribution in [2.75, 3.05) is 19.7 Å². The van der Waals surface area contributed by atoms with E-state index in [2.05, 4.69) is 10.1 Å². The summed E-state index contributed by atoms with van der Waals surface area (Å²) >= 11 is 0. The van der Waals surface area contributed by atoms with Crippen LogP contribution in [0.3, 0.4) is 0 Å². The van der Waals surface area contributed by atoms with Gasteiger partial charge in [0.15, 0.2) is 5.76 Å². The lowest BCUT2D eigenvalue weighted by molar-refractivity contribution is -0.150. The molecule has 1 saturated heterocycles. The molecule has 2 heterocycles. The fraction of sp³-hybridized carbons (Fsp3) is 0.444. The van der Waals surface area contributed by atoms with Crippen LogP contribution in [0.25, 0.3) is 11.3 Å². The van der Waals surface area contributed by atoms with Crippen molar-refractivity contribution in [2.24, 2.45) is 5.92 Å². The smallest absolute Gasteiger partial charge is 0.310 e. The Morgan fingerprint density at radius 1 is 1.39 bits per heavy atom. The molecule has 2 aromatic rings. The van der Waals surface area contributed by atoms with Gasteiger partial charge in [0.25, 0.3) is 0 Å². The minimum Gasteiger partial charge on any atom is -0.466 e. The molecule has 0 saturated carbocycles. The van der Waals surface area contributed by atoms with E-state index in [1.165, 1.54) is 0 Å².